The van der Waals surface area contributed by atoms with Crippen molar-refractivity contribution in [2.24, 2.45) is 11.8 Å². The van der Waals surface area contributed by atoms with Crippen LogP contribution >= 0.6 is 0 Å². The number of hydrogen-bond donors (Lipinski definition) is 1. The van der Waals surface area contributed by atoms with Crippen LogP contribution in [0.2, 0.25) is 0 Å². The number of pyridine rings is 1. The van der Waals surface area contributed by atoms with Crippen LogP contribution in [0.4, 0.5) is 5.69 Å². The van der Waals surface area contributed by atoms with Gasteiger partial charge in [0, 0.05) is 24.5 Å². The van der Waals surface area contributed by atoms with E-state index in [1.165, 1.54) is 19.3 Å². The second kappa shape index (κ2) is 5.19. The summed E-state index contributed by atoms with van der Waals surface area (Å²) in [6.45, 7) is 3.41. The lowest BCUT2D eigenvalue weighted by atomic mass is 10.1. The molecule has 88 valence electrons. The quantitative estimate of drug-likeness (QED) is 0.847. The van der Waals surface area contributed by atoms with E-state index < -0.39 is 0 Å². The summed E-state index contributed by atoms with van der Waals surface area (Å²) in [6, 6.07) is 3.93. The molecule has 0 bridgehead atoms. The zero-order chi connectivity index (χ0) is 11.4. The molecule has 0 aromatic carbocycles. The van der Waals surface area contributed by atoms with Gasteiger partial charge in [-0.25, -0.2) is 4.98 Å². The van der Waals surface area contributed by atoms with Gasteiger partial charge in [-0.3, -0.25) is 0 Å². The fourth-order valence-electron chi connectivity index (χ4n) is 2.40. The predicted molar refractivity (Wildman–Crippen MR) is 65.8 cm³/mol. The lowest BCUT2D eigenvalue weighted by molar-refractivity contribution is 0.398. The number of ether oxygens (including phenoxy) is 1. The summed E-state index contributed by atoms with van der Waals surface area (Å²) < 4.78 is 5.09. The molecule has 1 aliphatic carbocycles. The van der Waals surface area contributed by atoms with Crippen molar-refractivity contribution in [1.29, 1.82) is 0 Å². The van der Waals surface area contributed by atoms with Crippen LogP contribution in [-0.4, -0.2) is 18.6 Å². The lowest BCUT2D eigenvalue weighted by Gasteiger charge is -2.12. The zero-order valence-electron chi connectivity index (χ0n) is 10.1. The molecule has 0 aliphatic heterocycles. The first-order valence-electron chi connectivity index (χ1n) is 6.02. The van der Waals surface area contributed by atoms with Gasteiger partial charge in [0.1, 0.15) is 0 Å². The van der Waals surface area contributed by atoms with Crippen molar-refractivity contribution >= 4 is 5.69 Å². The lowest BCUT2D eigenvalue weighted by Crippen LogP contribution is -2.11. The molecule has 1 aromatic rings. The van der Waals surface area contributed by atoms with E-state index in [4.69, 9.17) is 4.74 Å². The Bertz CT molecular complexity index is 340. The van der Waals surface area contributed by atoms with Gasteiger partial charge in [-0.05, 0) is 30.7 Å². The Balaban J connectivity index is 1.84. The maximum atomic E-state index is 5.09. The Morgan fingerprint density at radius 2 is 2.38 bits per heavy atom. The molecule has 0 spiro atoms. The van der Waals surface area contributed by atoms with Gasteiger partial charge in [-0.2, -0.15) is 0 Å². The van der Waals surface area contributed by atoms with Crippen LogP contribution in [0, 0.1) is 11.8 Å². The van der Waals surface area contributed by atoms with Gasteiger partial charge in [-0.15, -0.1) is 0 Å². The molecule has 3 heteroatoms. The minimum Gasteiger partial charge on any atom is -0.481 e. The largest absolute Gasteiger partial charge is 0.481 e. The van der Waals surface area contributed by atoms with Crippen LogP contribution in [0.25, 0.3) is 0 Å². The highest BCUT2D eigenvalue weighted by molar-refractivity contribution is 5.44. The first-order chi connectivity index (χ1) is 7.78. The first-order valence-corrected chi connectivity index (χ1v) is 6.02. The maximum Gasteiger partial charge on any atom is 0.214 e. The van der Waals surface area contributed by atoms with Crippen molar-refractivity contribution in [2.45, 2.75) is 26.2 Å². The van der Waals surface area contributed by atoms with Gasteiger partial charge < -0.3 is 10.1 Å². The highest BCUT2D eigenvalue weighted by atomic mass is 16.5. The monoisotopic (exact) mass is 220 g/mol. The van der Waals surface area contributed by atoms with Crippen LogP contribution < -0.4 is 10.1 Å². The minimum absolute atomic E-state index is 0.671. The second-order valence-electron chi connectivity index (χ2n) is 4.75. The van der Waals surface area contributed by atoms with Crippen molar-refractivity contribution in [3.8, 4) is 5.88 Å². The Morgan fingerprint density at radius 3 is 3.06 bits per heavy atom. The number of hydrogen-bond acceptors (Lipinski definition) is 3. The highest BCUT2D eigenvalue weighted by Gasteiger charge is 2.20. The van der Waals surface area contributed by atoms with E-state index in [0.29, 0.717) is 5.88 Å². The van der Waals surface area contributed by atoms with Gasteiger partial charge in [0.25, 0.3) is 0 Å². The Morgan fingerprint density at radius 1 is 1.50 bits per heavy atom. The molecule has 1 aliphatic rings. The van der Waals surface area contributed by atoms with Crippen molar-refractivity contribution in [3.63, 3.8) is 0 Å². The van der Waals surface area contributed by atoms with E-state index in [-0.39, 0.29) is 0 Å². The van der Waals surface area contributed by atoms with Crippen molar-refractivity contribution in [2.75, 3.05) is 19.0 Å². The molecule has 2 atom stereocenters. The Labute approximate surface area is 97.2 Å². The van der Waals surface area contributed by atoms with Crippen LogP contribution in [0.3, 0.4) is 0 Å². The molecule has 0 radical (unpaired) electrons. The molecular weight excluding hydrogens is 200 g/mol. The van der Waals surface area contributed by atoms with Crippen molar-refractivity contribution < 1.29 is 4.74 Å². The standard InChI is InChI=1S/C13H20N2O/c1-10-3-4-11(7-10)9-15-12-5-6-14-13(8-12)16-2/h5-6,8,10-11H,3-4,7,9H2,1-2H3,(H,14,15). The molecule has 2 unspecified atom stereocenters. The molecule has 1 fully saturated rings. The Hall–Kier alpha value is -1.25. The van der Waals surface area contributed by atoms with E-state index in [0.717, 1.165) is 24.1 Å². The normalized spacial score (nSPS) is 24.4. The van der Waals surface area contributed by atoms with Gasteiger partial charge >= 0.3 is 0 Å². The average molecular weight is 220 g/mol. The SMILES string of the molecule is COc1cc(NCC2CCC(C)C2)ccn1. The van der Waals surface area contributed by atoms with Crippen LogP contribution in [0.5, 0.6) is 5.88 Å². The molecule has 1 aromatic heterocycles. The number of rotatable bonds is 4. The van der Waals surface area contributed by atoms with E-state index in [1.54, 1.807) is 13.3 Å². The maximum absolute atomic E-state index is 5.09. The van der Waals surface area contributed by atoms with E-state index >= 15 is 0 Å². The van der Waals surface area contributed by atoms with E-state index in [2.05, 4.69) is 17.2 Å². The molecule has 2 rings (SSSR count). The number of nitrogens with one attached hydrogen (secondary N) is 1. The third kappa shape index (κ3) is 2.87. The zero-order valence-corrected chi connectivity index (χ0v) is 10.1. The molecule has 0 amide bonds. The topological polar surface area (TPSA) is 34.1 Å². The smallest absolute Gasteiger partial charge is 0.214 e. The third-order valence-electron chi connectivity index (χ3n) is 3.34. The summed E-state index contributed by atoms with van der Waals surface area (Å²) in [5.74, 6) is 2.40. The fourth-order valence-corrected chi connectivity index (χ4v) is 2.40. The summed E-state index contributed by atoms with van der Waals surface area (Å²) in [4.78, 5) is 4.09. The van der Waals surface area contributed by atoms with Gasteiger partial charge in [-0.1, -0.05) is 13.3 Å². The summed E-state index contributed by atoms with van der Waals surface area (Å²) in [6.07, 6.45) is 5.87. The number of anilines is 1. The summed E-state index contributed by atoms with van der Waals surface area (Å²) in [5.41, 5.74) is 1.10. The molecule has 16 heavy (non-hydrogen) atoms. The van der Waals surface area contributed by atoms with E-state index in [9.17, 15) is 0 Å². The van der Waals surface area contributed by atoms with Gasteiger partial charge in [0.15, 0.2) is 0 Å². The number of nitrogens with zero attached hydrogens (tertiary/aromatic N) is 1. The van der Waals surface area contributed by atoms with Crippen molar-refractivity contribution in [1.82, 2.24) is 4.98 Å². The van der Waals surface area contributed by atoms with Crippen LogP contribution in [-0.2, 0) is 0 Å². The number of methoxy groups -OCH3 is 1. The summed E-state index contributed by atoms with van der Waals surface area (Å²) >= 11 is 0. The second-order valence-corrected chi connectivity index (χ2v) is 4.75. The number of aromatic nitrogens is 1. The fraction of sp³-hybridized carbons (Fsp3) is 0.615. The summed E-state index contributed by atoms with van der Waals surface area (Å²) in [5, 5.41) is 3.46. The van der Waals surface area contributed by atoms with Crippen LogP contribution in [0.15, 0.2) is 18.3 Å². The summed E-state index contributed by atoms with van der Waals surface area (Å²) in [7, 11) is 1.64. The van der Waals surface area contributed by atoms with E-state index in [1.807, 2.05) is 12.1 Å². The average Bonchev–Trinajstić information content (AvgIpc) is 2.73. The molecule has 1 saturated carbocycles. The molecule has 1 heterocycles. The first kappa shape index (κ1) is 11.2. The van der Waals surface area contributed by atoms with Gasteiger partial charge in [0.2, 0.25) is 5.88 Å². The third-order valence-corrected chi connectivity index (χ3v) is 3.34. The molecule has 3 nitrogen and oxygen atoms in total. The predicted octanol–water partition coefficient (Wildman–Crippen LogP) is 2.94. The Kier molecular flexibility index (Phi) is 3.65. The van der Waals surface area contributed by atoms with Crippen LogP contribution in [0.1, 0.15) is 26.2 Å². The van der Waals surface area contributed by atoms with Gasteiger partial charge in [0.05, 0.1) is 7.11 Å². The minimum atomic E-state index is 0.671. The van der Waals surface area contributed by atoms with Crippen molar-refractivity contribution in [3.05, 3.63) is 18.3 Å². The molecular formula is C13H20N2O. The highest BCUT2D eigenvalue weighted by Crippen LogP contribution is 2.30. The molecule has 0 saturated heterocycles. The molecule has 1 N–H and O–H groups in total.